The summed E-state index contributed by atoms with van der Waals surface area (Å²) >= 11 is 5.32. The fourth-order valence-corrected chi connectivity index (χ4v) is 2.60. The van der Waals surface area contributed by atoms with Crippen molar-refractivity contribution in [2.24, 2.45) is 7.05 Å². The van der Waals surface area contributed by atoms with Crippen molar-refractivity contribution in [3.05, 3.63) is 54.1 Å². The Morgan fingerprint density at radius 1 is 1.25 bits per heavy atom. The van der Waals surface area contributed by atoms with Gasteiger partial charge in [0.1, 0.15) is 11.6 Å². The second-order valence-electron chi connectivity index (χ2n) is 5.61. The van der Waals surface area contributed by atoms with Gasteiger partial charge >= 0.3 is 0 Å². The third-order valence-electron chi connectivity index (χ3n) is 3.71. The number of ketones is 1. The molecule has 130 valence electrons. The summed E-state index contributed by atoms with van der Waals surface area (Å²) in [7, 11) is 1.90. The maximum absolute atomic E-state index is 11.9. The number of rotatable bonds is 9. The third-order valence-corrected chi connectivity index (χ3v) is 4.06. The van der Waals surface area contributed by atoms with Crippen LogP contribution in [0.25, 0.3) is 0 Å². The molecular formula is C18H24ClN3OS. The van der Waals surface area contributed by atoms with Gasteiger partial charge in [-0.3, -0.25) is 4.79 Å². The van der Waals surface area contributed by atoms with Crippen LogP contribution >= 0.6 is 24.6 Å². The predicted octanol–water partition coefficient (Wildman–Crippen LogP) is 3.28. The van der Waals surface area contributed by atoms with Crippen molar-refractivity contribution in [3.8, 4) is 0 Å². The Morgan fingerprint density at radius 2 is 2.00 bits per heavy atom. The van der Waals surface area contributed by atoms with Crippen LogP contribution in [0, 0.1) is 0 Å². The van der Waals surface area contributed by atoms with Crippen LogP contribution in [0.3, 0.4) is 0 Å². The van der Waals surface area contributed by atoms with E-state index >= 15 is 0 Å². The first-order chi connectivity index (χ1) is 11.1. The maximum Gasteiger partial charge on any atom is 0.140 e. The lowest BCUT2D eigenvalue weighted by Gasteiger charge is -2.08. The van der Waals surface area contributed by atoms with Crippen molar-refractivity contribution in [3.63, 3.8) is 0 Å². The van der Waals surface area contributed by atoms with E-state index in [1.165, 1.54) is 5.56 Å². The SMILES string of the molecule is Cl.Cn1ccnc1CC(=O)CCCC(=S)NCCc1ccccc1. The van der Waals surface area contributed by atoms with Crippen LogP contribution < -0.4 is 5.32 Å². The fraction of sp³-hybridized carbons (Fsp3) is 0.389. The minimum absolute atomic E-state index is 0. The van der Waals surface area contributed by atoms with Crippen molar-refractivity contribution in [2.45, 2.75) is 32.1 Å². The molecule has 0 aliphatic rings. The standard InChI is InChI=1S/C18H23N3OS.ClH/c1-21-13-12-19-17(21)14-16(22)8-5-9-18(23)20-11-10-15-6-3-2-4-7-15;/h2-4,6-7,12-13H,5,8-11,14H2,1H3,(H,20,23);1H. The molecule has 2 rings (SSSR count). The number of Topliss-reactive ketones (excluding diaryl/α,β-unsaturated/α-hetero) is 1. The first kappa shape index (κ1) is 20.3. The van der Waals surface area contributed by atoms with Crippen LogP contribution in [0.4, 0.5) is 0 Å². The van der Waals surface area contributed by atoms with Gasteiger partial charge in [0.2, 0.25) is 0 Å². The largest absolute Gasteiger partial charge is 0.379 e. The van der Waals surface area contributed by atoms with E-state index in [1.54, 1.807) is 6.20 Å². The molecule has 1 N–H and O–H groups in total. The molecule has 0 spiro atoms. The fourth-order valence-electron chi connectivity index (χ4n) is 2.36. The van der Waals surface area contributed by atoms with Gasteiger partial charge in [-0.05, 0) is 24.8 Å². The average Bonchev–Trinajstić information content (AvgIpc) is 2.93. The number of aromatic nitrogens is 2. The number of carbonyl (C=O) groups excluding carboxylic acids is 1. The Morgan fingerprint density at radius 3 is 2.67 bits per heavy atom. The molecule has 1 aromatic heterocycles. The van der Waals surface area contributed by atoms with Gasteiger partial charge in [-0.2, -0.15) is 0 Å². The van der Waals surface area contributed by atoms with Gasteiger partial charge in [0.05, 0.1) is 11.4 Å². The quantitative estimate of drug-likeness (QED) is 0.693. The van der Waals surface area contributed by atoms with Gasteiger partial charge in [-0.15, -0.1) is 12.4 Å². The highest BCUT2D eigenvalue weighted by atomic mass is 35.5. The van der Waals surface area contributed by atoms with Crippen molar-refractivity contribution >= 4 is 35.4 Å². The number of hydrogen-bond donors (Lipinski definition) is 1. The summed E-state index contributed by atoms with van der Waals surface area (Å²) in [5.74, 6) is 1.03. The number of hydrogen-bond acceptors (Lipinski definition) is 3. The summed E-state index contributed by atoms with van der Waals surface area (Å²) in [4.78, 5) is 16.9. The number of benzene rings is 1. The topological polar surface area (TPSA) is 46.9 Å². The first-order valence-corrected chi connectivity index (χ1v) is 8.34. The molecule has 1 heterocycles. The molecule has 0 radical (unpaired) electrons. The highest BCUT2D eigenvalue weighted by Gasteiger charge is 2.08. The molecule has 0 amide bonds. The second-order valence-corrected chi connectivity index (χ2v) is 6.10. The molecule has 6 heteroatoms. The van der Waals surface area contributed by atoms with Crippen molar-refractivity contribution < 1.29 is 4.79 Å². The summed E-state index contributed by atoms with van der Waals surface area (Å²) in [5.41, 5.74) is 1.30. The molecule has 0 saturated heterocycles. The molecule has 0 bridgehead atoms. The zero-order valence-electron chi connectivity index (χ0n) is 13.9. The number of halogens is 1. The Labute approximate surface area is 155 Å². The van der Waals surface area contributed by atoms with Crippen molar-refractivity contribution in [2.75, 3.05) is 6.54 Å². The molecular weight excluding hydrogens is 342 g/mol. The molecule has 2 aromatic rings. The molecule has 0 aliphatic carbocycles. The molecule has 1 aromatic carbocycles. The predicted molar refractivity (Wildman–Crippen MR) is 104 cm³/mol. The Balaban J connectivity index is 0.00000288. The number of thiocarbonyl (C=S) groups is 1. The minimum atomic E-state index is 0. The van der Waals surface area contributed by atoms with Gasteiger partial charge in [0.15, 0.2) is 0 Å². The van der Waals surface area contributed by atoms with Gasteiger partial charge in [-0.25, -0.2) is 4.98 Å². The van der Waals surface area contributed by atoms with Gasteiger partial charge in [0.25, 0.3) is 0 Å². The number of nitrogens with zero attached hydrogens (tertiary/aromatic N) is 2. The highest BCUT2D eigenvalue weighted by molar-refractivity contribution is 7.80. The van der Waals surface area contributed by atoms with Crippen LogP contribution in [0.5, 0.6) is 0 Å². The molecule has 4 nitrogen and oxygen atoms in total. The van der Waals surface area contributed by atoms with Crippen molar-refractivity contribution in [1.29, 1.82) is 0 Å². The van der Waals surface area contributed by atoms with E-state index in [9.17, 15) is 4.79 Å². The van der Waals surface area contributed by atoms with E-state index < -0.39 is 0 Å². The van der Waals surface area contributed by atoms with Gasteiger partial charge in [-0.1, -0.05) is 42.5 Å². The van der Waals surface area contributed by atoms with Crippen LogP contribution in [-0.2, 0) is 24.7 Å². The molecule has 0 saturated carbocycles. The second kappa shape index (κ2) is 10.9. The summed E-state index contributed by atoms with van der Waals surface area (Å²) in [6.45, 7) is 0.837. The lowest BCUT2D eigenvalue weighted by molar-refractivity contribution is -0.118. The molecule has 24 heavy (non-hydrogen) atoms. The number of carbonyl (C=O) groups is 1. The minimum Gasteiger partial charge on any atom is -0.379 e. The van der Waals surface area contributed by atoms with Gasteiger partial charge in [0, 0.05) is 32.4 Å². The van der Waals surface area contributed by atoms with E-state index in [0.717, 1.165) is 36.6 Å². The maximum atomic E-state index is 11.9. The third kappa shape index (κ3) is 7.23. The van der Waals surface area contributed by atoms with Crippen LogP contribution in [0.2, 0.25) is 0 Å². The monoisotopic (exact) mass is 365 g/mol. The van der Waals surface area contributed by atoms with E-state index in [4.69, 9.17) is 12.2 Å². The van der Waals surface area contributed by atoms with E-state index in [2.05, 4.69) is 22.4 Å². The Bertz CT molecular complexity index is 643. The average molecular weight is 366 g/mol. The zero-order chi connectivity index (χ0) is 16.5. The molecule has 0 unspecified atom stereocenters. The van der Waals surface area contributed by atoms with Crippen LogP contribution in [-0.4, -0.2) is 26.9 Å². The zero-order valence-corrected chi connectivity index (χ0v) is 15.5. The highest BCUT2D eigenvalue weighted by Crippen LogP contribution is 2.04. The van der Waals surface area contributed by atoms with E-state index in [0.29, 0.717) is 12.8 Å². The summed E-state index contributed by atoms with van der Waals surface area (Å²) < 4.78 is 1.88. The van der Waals surface area contributed by atoms with E-state index in [-0.39, 0.29) is 18.2 Å². The molecule has 0 atom stereocenters. The molecule has 0 fully saturated rings. The van der Waals surface area contributed by atoms with Crippen LogP contribution in [0.1, 0.15) is 30.7 Å². The lowest BCUT2D eigenvalue weighted by Crippen LogP contribution is -2.24. The normalized spacial score (nSPS) is 10.0. The number of nitrogens with one attached hydrogen (secondary N) is 1. The number of aryl methyl sites for hydroxylation is 1. The first-order valence-electron chi connectivity index (χ1n) is 7.93. The molecule has 0 aliphatic heterocycles. The summed E-state index contributed by atoms with van der Waals surface area (Å²) in [6, 6.07) is 10.3. The smallest absolute Gasteiger partial charge is 0.140 e. The summed E-state index contributed by atoms with van der Waals surface area (Å²) in [6.07, 6.45) is 7.03. The summed E-state index contributed by atoms with van der Waals surface area (Å²) in [5, 5.41) is 3.26. The number of imidazole rings is 1. The van der Waals surface area contributed by atoms with E-state index in [1.807, 2.05) is 36.0 Å². The Kier molecular flexibility index (Phi) is 9.27. The Hall–Kier alpha value is -1.72. The lowest BCUT2D eigenvalue weighted by atomic mass is 10.1. The van der Waals surface area contributed by atoms with Gasteiger partial charge < -0.3 is 9.88 Å². The van der Waals surface area contributed by atoms with Crippen molar-refractivity contribution in [1.82, 2.24) is 14.9 Å². The van der Waals surface area contributed by atoms with Crippen LogP contribution in [0.15, 0.2) is 42.7 Å².